The predicted octanol–water partition coefficient (Wildman–Crippen LogP) is 1.17. The number of rotatable bonds is 5. The van der Waals surface area contributed by atoms with Crippen molar-refractivity contribution in [2.24, 2.45) is 0 Å². The molecule has 0 saturated heterocycles. The summed E-state index contributed by atoms with van der Waals surface area (Å²) in [6.07, 6.45) is 2.57. The first-order valence-corrected chi connectivity index (χ1v) is 2.92. The van der Waals surface area contributed by atoms with Gasteiger partial charge in [0, 0.05) is 20.0 Å². The van der Waals surface area contributed by atoms with Gasteiger partial charge >= 0.3 is 0 Å². The van der Waals surface area contributed by atoms with E-state index in [1.807, 2.05) is 0 Å². The zero-order chi connectivity index (χ0) is 7.11. The van der Waals surface area contributed by atoms with E-state index in [0.717, 1.165) is 0 Å². The second kappa shape index (κ2) is 5.51. The highest BCUT2D eigenvalue weighted by atomic mass is 16.5. The Morgan fingerprint density at radius 2 is 2.44 bits per heavy atom. The monoisotopic (exact) mass is 128 g/mol. The van der Waals surface area contributed by atoms with Crippen molar-refractivity contribution in [2.75, 3.05) is 13.7 Å². The molecular weight excluding hydrogens is 116 g/mol. The quantitative estimate of drug-likeness (QED) is 0.519. The van der Waals surface area contributed by atoms with E-state index in [4.69, 9.17) is 4.74 Å². The van der Waals surface area contributed by atoms with Gasteiger partial charge in [0.15, 0.2) is 0 Å². The fraction of sp³-hybridized carbons (Fsp3) is 0.571. The van der Waals surface area contributed by atoms with Crippen molar-refractivity contribution < 1.29 is 9.53 Å². The van der Waals surface area contributed by atoms with Gasteiger partial charge in [0.25, 0.3) is 0 Å². The van der Waals surface area contributed by atoms with Gasteiger partial charge in [-0.25, -0.2) is 0 Å². The Morgan fingerprint density at radius 3 is 2.89 bits per heavy atom. The molecule has 0 N–H and O–H groups in total. The third kappa shape index (κ3) is 5.24. The molecule has 0 rings (SSSR count). The highest BCUT2D eigenvalue weighted by molar-refractivity contribution is 5.79. The number of methoxy groups -OCH3 is 1. The summed E-state index contributed by atoms with van der Waals surface area (Å²) in [4.78, 5) is 10.7. The van der Waals surface area contributed by atoms with Crippen molar-refractivity contribution >= 4 is 5.78 Å². The van der Waals surface area contributed by atoms with Crippen molar-refractivity contribution in [1.29, 1.82) is 0 Å². The first-order chi connectivity index (χ1) is 4.31. The van der Waals surface area contributed by atoms with Gasteiger partial charge in [-0.05, 0) is 0 Å². The number of allylic oxidation sites excluding steroid dienone is 1. The Labute approximate surface area is 55.5 Å². The Bertz CT molecular complexity index is 97.1. The first-order valence-electron chi connectivity index (χ1n) is 2.92. The summed E-state index contributed by atoms with van der Waals surface area (Å²) in [5.74, 6) is 0.187. The Hall–Kier alpha value is -0.630. The highest BCUT2D eigenvalue weighted by Gasteiger charge is 1.95. The average Bonchev–Trinajstić information content (AvgIpc) is 1.85. The largest absolute Gasteiger partial charge is 0.384 e. The molecule has 2 heteroatoms. The SMILES string of the molecule is C=CCC(=O)CCOC. The number of ketones is 1. The minimum atomic E-state index is 0.187. The lowest BCUT2D eigenvalue weighted by atomic mass is 10.2. The van der Waals surface area contributed by atoms with Crippen LogP contribution < -0.4 is 0 Å². The molecule has 52 valence electrons. The lowest BCUT2D eigenvalue weighted by molar-refractivity contribution is -0.119. The normalized spacial score (nSPS) is 9.00. The maximum Gasteiger partial charge on any atom is 0.138 e. The minimum absolute atomic E-state index is 0.187. The van der Waals surface area contributed by atoms with Crippen molar-refractivity contribution in [3.05, 3.63) is 12.7 Å². The molecule has 0 aliphatic heterocycles. The Kier molecular flexibility index (Phi) is 5.12. The molecule has 0 heterocycles. The summed E-state index contributed by atoms with van der Waals surface area (Å²) < 4.78 is 4.70. The molecule has 9 heavy (non-hydrogen) atoms. The van der Waals surface area contributed by atoms with Gasteiger partial charge in [-0.1, -0.05) is 6.08 Å². The van der Waals surface area contributed by atoms with Crippen LogP contribution >= 0.6 is 0 Å². The number of carbonyl (C=O) groups is 1. The molecule has 0 aromatic rings. The van der Waals surface area contributed by atoms with Gasteiger partial charge < -0.3 is 4.74 Å². The second-order valence-corrected chi connectivity index (χ2v) is 1.77. The molecule has 0 aromatic heterocycles. The van der Waals surface area contributed by atoms with Crippen LogP contribution in [-0.2, 0) is 9.53 Å². The molecule has 0 atom stereocenters. The zero-order valence-corrected chi connectivity index (χ0v) is 5.72. The Morgan fingerprint density at radius 1 is 1.78 bits per heavy atom. The van der Waals surface area contributed by atoms with E-state index in [2.05, 4.69) is 6.58 Å². The molecule has 0 aliphatic carbocycles. The number of carbonyl (C=O) groups excluding carboxylic acids is 1. The molecule has 0 amide bonds. The van der Waals surface area contributed by atoms with E-state index < -0.39 is 0 Å². The number of ether oxygens (including phenoxy) is 1. The number of hydrogen-bond donors (Lipinski definition) is 0. The van der Waals surface area contributed by atoms with E-state index in [0.29, 0.717) is 19.4 Å². The van der Waals surface area contributed by atoms with E-state index >= 15 is 0 Å². The smallest absolute Gasteiger partial charge is 0.138 e. The van der Waals surface area contributed by atoms with Gasteiger partial charge in [0.2, 0.25) is 0 Å². The molecular formula is C7H12O2. The summed E-state index contributed by atoms with van der Waals surface area (Å²) in [6, 6.07) is 0. The van der Waals surface area contributed by atoms with E-state index in [1.165, 1.54) is 0 Å². The first kappa shape index (κ1) is 8.37. The number of hydrogen-bond acceptors (Lipinski definition) is 2. The molecule has 0 fully saturated rings. The van der Waals surface area contributed by atoms with Gasteiger partial charge in [-0.3, -0.25) is 4.79 Å². The maximum atomic E-state index is 10.7. The summed E-state index contributed by atoms with van der Waals surface area (Å²) >= 11 is 0. The molecule has 0 spiro atoms. The fourth-order valence-corrected chi connectivity index (χ4v) is 0.479. The minimum Gasteiger partial charge on any atom is -0.384 e. The van der Waals surface area contributed by atoms with Crippen LogP contribution in [0.15, 0.2) is 12.7 Å². The molecule has 0 saturated carbocycles. The van der Waals surface area contributed by atoms with Crippen LogP contribution in [0.4, 0.5) is 0 Å². The van der Waals surface area contributed by atoms with E-state index in [1.54, 1.807) is 13.2 Å². The fourth-order valence-electron chi connectivity index (χ4n) is 0.479. The van der Waals surface area contributed by atoms with Crippen molar-refractivity contribution in [2.45, 2.75) is 12.8 Å². The van der Waals surface area contributed by atoms with Crippen LogP contribution in [0, 0.1) is 0 Å². The molecule has 0 unspecified atom stereocenters. The van der Waals surface area contributed by atoms with Crippen molar-refractivity contribution in [1.82, 2.24) is 0 Å². The van der Waals surface area contributed by atoms with Crippen LogP contribution in [0.2, 0.25) is 0 Å². The predicted molar refractivity (Wildman–Crippen MR) is 36.3 cm³/mol. The molecule has 0 aliphatic rings. The van der Waals surface area contributed by atoms with Gasteiger partial charge in [-0.2, -0.15) is 0 Å². The zero-order valence-electron chi connectivity index (χ0n) is 5.72. The lowest BCUT2D eigenvalue weighted by Crippen LogP contribution is -2.00. The van der Waals surface area contributed by atoms with Crippen LogP contribution in [-0.4, -0.2) is 19.5 Å². The molecule has 0 radical (unpaired) electrons. The lowest BCUT2D eigenvalue weighted by Gasteiger charge is -1.93. The van der Waals surface area contributed by atoms with Gasteiger partial charge in [0.05, 0.1) is 6.61 Å². The van der Waals surface area contributed by atoms with Gasteiger partial charge in [0.1, 0.15) is 5.78 Å². The standard InChI is InChI=1S/C7H12O2/c1-3-4-7(8)5-6-9-2/h3H,1,4-6H2,2H3. The number of Topliss-reactive ketones (excluding diaryl/α,β-unsaturated/α-hetero) is 1. The molecule has 0 aromatic carbocycles. The maximum absolute atomic E-state index is 10.7. The topological polar surface area (TPSA) is 26.3 Å². The molecule has 2 nitrogen and oxygen atoms in total. The van der Waals surface area contributed by atoms with Gasteiger partial charge in [-0.15, -0.1) is 6.58 Å². The van der Waals surface area contributed by atoms with Crippen LogP contribution in [0.3, 0.4) is 0 Å². The van der Waals surface area contributed by atoms with E-state index in [9.17, 15) is 4.79 Å². The summed E-state index contributed by atoms with van der Waals surface area (Å²) in [5.41, 5.74) is 0. The third-order valence-electron chi connectivity index (χ3n) is 0.957. The van der Waals surface area contributed by atoms with Crippen LogP contribution in [0.1, 0.15) is 12.8 Å². The van der Waals surface area contributed by atoms with Crippen molar-refractivity contribution in [3.8, 4) is 0 Å². The highest BCUT2D eigenvalue weighted by Crippen LogP contribution is 1.89. The summed E-state index contributed by atoms with van der Waals surface area (Å²) in [5, 5.41) is 0. The molecule has 0 bridgehead atoms. The summed E-state index contributed by atoms with van der Waals surface area (Å²) in [6.45, 7) is 3.97. The third-order valence-corrected chi connectivity index (χ3v) is 0.957. The average molecular weight is 128 g/mol. The van der Waals surface area contributed by atoms with Crippen LogP contribution in [0.25, 0.3) is 0 Å². The van der Waals surface area contributed by atoms with Crippen LogP contribution in [0.5, 0.6) is 0 Å². The van der Waals surface area contributed by atoms with Crippen molar-refractivity contribution in [3.63, 3.8) is 0 Å². The second-order valence-electron chi connectivity index (χ2n) is 1.77. The Balaban J connectivity index is 3.16. The van der Waals surface area contributed by atoms with E-state index in [-0.39, 0.29) is 5.78 Å². The summed E-state index contributed by atoms with van der Waals surface area (Å²) in [7, 11) is 1.58.